The fourth-order valence-corrected chi connectivity index (χ4v) is 4.39. The summed E-state index contributed by atoms with van der Waals surface area (Å²) in [7, 11) is 0. The van der Waals surface area contributed by atoms with Gasteiger partial charge in [-0.1, -0.05) is 31.5 Å². The standard InChI is InChI=1S/C21H26N2OS/c1-5-23(6-2)12-11-22-17-9-8-15(4)21-19(17)20(24)16-13-14(3)7-10-18(16)25-21/h7-10,13,22H,5-6,11-12H2,1-4H3. The van der Waals surface area contributed by atoms with E-state index in [9.17, 15) is 4.79 Å². The molecule has 3 aromatic rings. The van der Waals surface area contributed by atoms with Gasteiger partial charge in [-0.15, -0.1) is 11.3 Å². The molecule has 0 saturated carbocycles. The lowest BCUT2D eigenvalue weighted by molar-refractivity contribution is 0.316. The molecule has 0 bridgehead atoms. The Morgan fingerprint density at radius 1 is 1.08 bits per heavy atom. The molecule has 25 heavy (non-hydrogen) atoms. The minimum absolute atomic E-state index is 0.140. The van der Waals surface area contributed by atoms with Crippen molar-refractivity contribution >= 4 is 37.2 Å². The Kier molecular flexibility index (Phi) is 5.40. The first-order valence-corrected chi connectivity index (χ1v) is 9.79. The van der Waals surface area contributed by atoms with Gasteiger partial charge in [0.05, 0.1) is 5.39 Å². The lowest BCUT2D eigenvalue weighted by atomic mass is 10.1. The van der Waals surface area contributed by atoms with E-state index in [4.69, 9.17) is 0 Å². The zero-order chi connectivity index (χ0) is 18.0. The van der Waals surface area contributed by atoms with Crippen LogP contribution in [0.2, 0.25) is 0 Å². The lowest BCUT2D eigenvalue weighted by Gasteiger charge is -2.19. The minimum Gasteiger partial charge on any atom is -0.383 e. The summed E-state index contributed by atoms with van der Waals surface area (Å²) in [6.07, 6.45) is 0. The number of benzene rings is 2. The number of hydrogen-bond donors (Lipinski definition) is 1. The molecule has 0 amide bonds. The molecule has 0 aliphatic carbocycles. The van der Waals surface area contributed by atoms with E-state index >= 15 is 0 Å². The van der Waals surface area contributed by atoms with Crippen LogP contribution in [0.3, 0.4) is 0 Å². The molecule has 0 aliphatic heterocycles. The molecule has 0 spiro atoms. The number of nitrogens with zero attached hydrogens (tertiary/aromatic N) is 1. The molecule has 1 aromatic heterocycles. The minimum atomic E-state index is 0.140. The van der Waals surface area contributed by atoms with Crippen molar-refractivity contribution in [1.29, 1.82) is 0 Å². The smallest absolute Gasteiger partial charge is 0.197 e. The molecular weight excluding hydrogens is 328 g/mol. The van der Waals surface area contributed by atoms with Gasteiger partial charge in [0.2, 0.25) is 0 Å². The van der Waals surface area contributed by atoms with Crippen molar-refractivity contribution in [3.05, 3.63) is 51.7 Å². The normalized spacial score (nSPS) is 11.6. The predicted octanol–water partition coefficient (Wildman–Crippen LogP) is 4.79. The van der Waals surface area contributed by atoms with Crippen molar-refractivity contribution in [2.45, 2.75) is 27.7 Å². The molecule has 0 unspecified atom stereocenters. The summed E-state index contributed by atoms with van der Waals surface area (Å²) in [5, 5.41) is 5.16. The van der Waals surface area contributed by atoms with Crippen LogP contribution in [-0.4, -0.2) is 31.1 Å². The third kappa shape index (κ3) is 3.55. The number of nitrogens with one attached hydrogen (secondary N) is 1. The monoisotopic (exact) mass is 354 g/mol. The van der Waals surface area contributed by atoms with Gasteiger partial charge in [0.25, 0.3) is 0 Å². The van der Waals surface area contributed by atoms with Gasteiger partial charge < -0.3 is 10.2 Å². The van der Waals surface area contributed by atoms with Crippen LogP contribution >= 0.6 is 11.3 Å². The number of hydrogen-bond acceptors (Lipinski definition) is 4. The van der Waals surface area contributed by atoms with Crippen LogP contribution in [-0.2, 0) is 0 Å². The van der Waals surface area contributed by atoms with Crippen molar-refractivity contribution in [3.8, 4) is 0 Å². The average Bonchev–Trinajstić information content (AvgIpc) is 2.61. The van der Waals surface area contributed by atoms with Gasteiger partial charge in [0.1, 0.15) is 0 Å². The van der Waals surface area contributed by atoms with Gasteiger partial charge >= 0.3 is 0 Å². The second-order valence-corrected chi connectivity index (χ2v) is 7.57. The van der Waals surface area contributed by atoms with Gasteiger partial charge in [-0.3, -0.25) is 4.79 Å². The second-order valence-electron chi connectivity index (χ2n) is 6.52. The van der Waals surface area contributed by atoms with Crippen molar-refractivity contribution in [3.63, 3.8) is 0 Å². The van der Waals surface area contributed by atoms with Gasteiger partial charge in [0.15, 0.2) is 5.43 Å². The average molecular weight is 355 g/mol. The highest BCUT2D eigenvalue weighted by molar-refractivity contribution is 7.24. The maximum absolute atomic E-state index is 13.2. The lowest BCUT2D eigenvalue weighted by Crippen LogP contribution is -2.28. The van der Waals surface area contributed by atoms with E-state index in [1.165, 1.54) is 0 Å². The molecule has 132 valence electrons. The topological polar surface area (TPSA) is 32.3 Å². The van der Waals surface area contributed by atoms with E-state index in [-0.39, 0.29) is 5.43 Å². The number of aryl methyl sites for hydroxylation is 2. The fourth-order valence-electron chi connectivity index (χ4n) is 3.23. The Labute approximate surface area is 153 Å². The van der Waals surface area contributed by atoms with Crippen molar-refractivity contribution in [2.24, 2.45) is 0 Å². The molecule has 3 nitrogen and oxygen atoms in total. The van der Waals surface area contributed by atoms with Crippen LogP contribution < -0.4 is 10.7 Å². The first kappa shape index (κ1) is 17.9. The van der Waals surface area contributed by atoms with E-state index in [0.29, 0.717) is 0 Å². The molecular formula is C21H26N2OS. The molecule has 2 aromatic carbocycles. The highest BCUT2D eigenvalue weighted by atomic mass is 32.1. The maximum atomic E-state index is 13.2. The van der Waals surface area contributed by atoms with Crippen LogP contribution in [0, 0.1) is 13.8 Å². The van der Waals surface area contributed by atoms with Gasteiger partial charge in [-0.2, -0.15) is 0 Å². The molecule has 0 radical (unpaired) electrons. The molecule has 4 heteroatoms. The summed E-state index contributed by atoms with van der Waals surface area (Å²) in [5.74, 6) is 0. The highest BCUT2D eigenvalue weighted by Gasteiger charge is 2.12. The quantitative estimate of drug-likeness (QED) is 0.646. The van der Waals surface area contributed by atoms with E-state index in [2.05, 4.69) is 55.3 Å². The zero-order valence-electron chi connectivity index (χ0n) is 15.5. The first-order chi connectivity index (χ1) is 12.0. The maximum Gasteiger partial charge on any atom is 0.197 e. The number of likely N-dealkylation sites (N-methyl/N-ethyl adjacent to an activating group) is 1. The van der Waals surface area contributed by atoms with Crippen LogP contribution in [0.5, 0.6) is 0 Å². The molecule has 0 atom stereocenters. The summed E-state index contributed by atoms with van der Waals surface area (Å²) in [6, 6.07) is 10.3. The number of anilines is 1. The summed E-state index contributed by atoms with van der Waals surface area (Å²) < 4.78 is 2.15. The van der Waals surface area contributed by atoms with Crippen molar-refractivity contribution in [1.82, 2.24) is 4.90 Å². The molecule has 1 N–H and O–H groups in total. The van der Waals surface area contributed by atoms with Gasteiger partial charge in [-0.25, -0.2) is 0 Å². The first-order valence-electron chi connectivity index (χ1n) is 8.98. The fraction of sp³-hybridized carbons (Fsp3) is 0.381. The number of fused-ring (bicyclic) bond motifs is 2. The molecule has 0 aliphatic rings. The van der Waals surface area contributed by atoms with Crippen LogP contribution in [0.4, 0.5) is 5.69 Å². The van der Waals surface area contributed by atoms with E-state index in [0.717, 1.165) is 63.2 Å². The Hall–Kier alpha value is -1.91. The number of rotatable bonds is 6. The summed E-state index contributed by atoms with van der Waals surface area (Å²) in [4.78, 5) is 15.6. The molecule has 3 rings (SSSR count). The van der Waals surface area contributed by atoms with Crippen molar-refractivity contribution in [2.75, 3.05) is 31.5 Å². The predicted molar refractivity (Wildman–Crippen MR) is 111 cm³/mol. The Balaban J connectivity index is 2.07. The van der Waals surface area contributed by atoms with Gasteiger partial charge in [0, 0.05) is 33.6 Å². The molecule has 0 saturated heterocycles. The third-order valence-electron chi connectivity index (χ3n) is 4.81. The molecule has 0 fully saturated rings. The molecule has 1 heterocycles. The summed E-state index contributed by atoms with van der Waals surface area (Å²) in [6.45, 7) is 12.4. The van der Waals surface area contributed by atoms with E-state index < -0.39 is 0 Å². The summed E-state index contributed by atoms with van der Waals surface area (Å²) in [5.41, 5.74) is 3.38. The van der Waals surface area contributed by atoms with Crippen LogP contribution in [0.1, 0.15) is 25.0 Å². The van der Waals surface area contributed by atoms with Gasteiger partial charge in [-0.05, 0) is 50.7 Å². The third-order valence-corrected chi connectivity index (χ3v) is 6.12. The van der Waals surface area contributed by atoms with Crippen LogP contribution in [0.15, 0.2) is 35.1 Å². The Morgan fingerprint density at radius 3 is 2.56 bits per heavy atom. The second kappa shape index (κ2) is 7.54. The zero-order valence-corrected chi connectivity index (χ0v) is 16.3. The van der Waals surface area contributed by atoms with Crippen LogP contribution in [0.25, 0.3) is 20.2 Å². The van der Waals surface area contributed by atoms with E-state index in [1.54, 1.807) is 11.3 Å². The van der Waals surface area contributed by atoms with E-state index in [1.807, 2.05) is 13.0 Å². The largest absolute Gasteiger partial charge is 0.383 e. The summed E-state index contributed by atoms with van der Waals surface area (Å²) >= 11 is 1.71. The van der Waals surface area contributed by atoms with Crippen molar-refractivity contribution < 1.29 is 0 Å². The Bertz CT molecular complexity index is 957. The Morgan fingerprint density at radius 2 is 1.84 bits per heavy atom. The SMILES string of the molecule is CCN(CC)CCNc1ccc(C)c2sc3ccc(C)cc3c(=O)c12. The highest BCUT2D eigenvalue weighted by Crippen LogP contribution is 2.31.